The molecule has 20 nitrogen and oxygen atoms in total. The van der Waals surface area contributed by atoms with Gasteiger partial charge in [0, 0.05) is 73.0 Å². The van der Waals surface area contributed by atoms with E-state index in [1.165, 1.54) is 0 Å². The van der Waals surface area contributed by atoms with E-state index >= 15 is 0 Å². The second-order valence-corrected chi connectivity index (χ2v) is 31.8. The Morgan fingerprint density at radius 3 is 0.741 bits per heavy atom. The Labute approximate surface area is 502 Å². The molecule has 0 amide bonds. The molecule has 4 saturated carbocycles. The Morgan fingerprint density at radius 1 is 0.294 bits per heavy atom. The van der Waals surface area contributed by atoms with Crippen LogP contribution in [0.25, 0.3) is 0 Å². The van der Waals surface area contributed by atoms with Gasteiger partial charge in [-0.2, -0.15) is 0 Å². The highest BCUT2D eigenvalue weighted by atomic mass is 17.3. The monoisotopic (exact) mass is 1200 g/mol. The third kappa shape index (κ3) is 8.69. The maximum atomic E-state index is 7.46. The minimum atomic E-state index is -1.07. The highest BCUT2D eigenvalue weighted by Crippen LogP contribution is 2.66. The van der Waals surface area contributed by atoms with Crippen molar-refractivity contribution in [1.82, 2.24) is 0 Å². The SMILES string of the molecule is C[C@@H]1CC[C@H]2[C@@H](C)C(OCC(COC3O[C@H]4O[C@]5(C)CC[C@@H]6[C@@H](C)CC[C@H]([C@@H]3C)[C@]46OO5)(COC3O[C@@H]4O[C@@]5(C)CC[C@H]6[C@H](C)CC[C@@H]([C@H]3C)[C@@]46OO5)COC3O[C@@H]4O[C@@]5(C)CC[C@H]6[C@H](C)CC[C@@H]([C@H]3C)[C@@]46OO5)O[C@@H]3O[C@@]4(C)CC[C@@H]1[C@]32OO4. The first-order valence-corrected chi connectivity index (χ1v) is 33.9. The number of hydrogen-bond donors (Lipinski definition) is 0. The minimum Gasteiger partial charge on any atom is -0.351 e. The van der Waals surface area contributed by atoms with Gasteiger partial charge in [0.15, 0.2) is 72.7 Å². The van der Waals surface area contributed by atoms with Gasteiger partial charge in [-0.25, -0.2) is 39.1 Å². The van der Waals surface area contributed by atoms with Crippen LogP contribution >= 0.6 is 0 Å². The van der Waals surface area contributed by atoms with Gasteiger partial charge in [-0.1, -0.05) is 55.4 Å². The van der Waals surface area contributed by atoms with Crippen LogP contribution in [-0.2, 0) is 95.9 Å². The smallest absolute Gasteiger partial charge is 0.201 e. The van der Waals surface area contributed by atoms with E-state index in [0.717, 1.165) is 77.0 Å². The van der Waals surface area contributed by atoms with Crippen molar-refractivity contribution >= 4 is 0 Å². The zero-order chi connectivity index (χ0) is 58.6. The number of rotatable bonds is 12. The molecular formula is C65H100O20. The van der Waals surface area contributed by atoms with E-state index in [4.69, 9.17) is 95.9 Å². The lowest BCUT2D eigenvalue weighted by molar-refractivity contribution is -0.579. The van der Waals surface area contributed by atoms with Crippen LogP contribution in [0.2, 0.25) is 0 Å². The molecule has 0 aromatic rings. The summed E-state index contributed by atoms with van der Waals surface area (Å²) in [6, 6.07) is 0. The molecule has 0 aromatic carbocycles. The lowest BCUT2D eigenvalue weighted by Gasteiger charge is -2.61. The summed E-state index contributed by atoms with van der Waals surface area (Å²) in [4.78, 5) is 51.5. The van der Waals surface area contributed by atoms with E-state index < -0.39 is 101 Å². The van der Waals surface area contributed by atoms with Gasteiger partial charge in [-0.15, -0.1) is 0 Å². The molecule has 20 rings (SSSR count). The van der Waals surface area contributed by atoms with Crippen LogP contribution in [0.15, 0.2) is 0 Å². The number of ether oxygens (including phenoxy) is 12. The van der Waals surface area contributed by atoms with Crippen LogP contribution in [-0.4, -0.2) is 122 Å². The topological polar surface area (TPSA) is 185 Å². The first-order chi connectivity index (χ1) is 40.6. The molecule has 8 bridgehead atoms. The van der Waals surface area contributed by atoms with Gasteiger partial charge in [0.25, 0.3) is 0 Å². The van der Waals surface area contributed by atoms with Crippen molar-refractivity contribution in [2.45, 2.75) is 282 Å². The molecule has 16 aliphatic heterocycles. The van der Waals surface area contributed by atoms with Crippen LogP contribution in [0.3, 0.4) is 0 Å². The van der Waals surface area contributed by atoms with E-state index in [1.54, 1.807) is 0 Å². The van der Waals surface area contributed by atoms with Gasteiger partial charge in [-0.3, -0.25) is 0 Å². The van der Waals surface area contributed by atoms with Crippen molar-refractivity contribution in [1.29, 1.82) is 0 Å². The molecule has 16 saturated heterocycles. The van der Waals surface area contributed by atoms with Crippen LogP contribution in [0.4, 0.5) is 0 Å². The predicted molar refractivity (Wildman–Crippen MR) is 294 cm³/mol. The number of hydrogen-bond acceptors (Lipinski definition) is 20. The highest BCUT2D eigenvalue weighted by molar-refractivity contribution is 5.14. The van der Waals surface area contributed by atoms with Gasteiger partial charge in [-0.05, 0) is 152 Å². The summed E-state index contributed by atoms with van der Waals surface area (Å²) in [5, 5.41) is 0. The normalized spacial score (nSPS) is 60.3. The Balaban J connectivity index is 0.755. The van der Waals surface area contributed by atoms with E-state index in [2.05, 4.69) is 55.4 Å². The molecule has 4 aliphatic carbocycles. The first-order valence-electron chi connectivity index (χ1n) is 33.9. The second-order valence-electron chi connectivity index (χ2n) is 31.8. The molecule has 0 radical (unpaired) electrons. The van der Waals surface area contributed by atoms with Gasteiger partial charge in [0.2, 0.25) is 23.1 Å². The van der Waals surface area contributed by atoms with E-state index in [1.807, 2.05) is 27.7 Å². The average Bonchev–Trinajstić information content (AvgIpc) is 1.94. The van der Waals surface area contributed by atoms with Crippen molar-refractivity contribution in [3.8, 4) is 0 Å². The summed E-state index contributed by atoms with van der Waals surface area (Å²) in [5.41, 5.74) is -4.15. The van der Waals surface area contributed by atoms with Gasteiger partial charge in [0.05, 0.1) is 31.8 Å². The van der Waals surface area contributed by atoms with Gasteiger partial charge >= 0.3 is 0 Å². The molecule has 16 heterocycles. The van der Waals surface area contributed by atoms with Gasteiger partial charge in [0.1, 0.15) is 0 Å². The summed E-state index contributed by atoms with van der Waals surface area (Å²) >= 11 is 0. The molecule has 20 fully saturated rings. The van der Waals surface area contributed by atoms with Crippen molar-refractivity contribution in [2.24, 2.45) is 100 Å². The van der Waals surface area contributed by atoms with E-state index in [-0.39, 0.29) is 97.4 Å². The third-order valence-corrected chi connectivity index (χ3v) is 26.6. The predicted octanol–water partition coefficient (Wildman–Crippen LogP) is 10.9. The molecular weight excluding hydrogens is 1100 g/mol. The Morgan fingerprint density at radius 2 is 0.518 bits per heavy atom. The van der Waals surface area contributed by atoms with Crippen LogP contribution < -0.4 is 0 Å². The standard InChI is InChI=1S/C65H100O20/c1-33-13-17-45-37(5)49(70-53-62(45)41(33)21-25-57(9,74-53)78-82-62)66-29-61(30-67-50-38(6)46-18-14-34(2)42-22-26-58(10)75-54(71-50)63(42,46)83-79-58,31-68-51-39(7)47-19-15-35(3)43-23-27-59(11)76-55(72-51)64(43,47)84-80-59)32-69-52-40(8)48-20-16-36(4)44-24-28-60(12)77-56(73-52)65(44,48)85-81-60/h33-56H,13-32H2,1-12H3/t33-,34-,35-,36+,37-,38-,39-,40+,41+,42+,43+,44-,45+,46+,47+,48-,49?,50?,51?,52?,53-,54-,55-,56+,57-,58-,59-,60+,61?,62-,63-,64-,65+/m1/s1. The first kappa shape index (κ1) is 59.2. The van der Waals surface area contributed by atoms with E-state index in [9.17, 15) is 0 Å². The second kappa shape index (κ2) is 20.6. The Hall–Kier alpha value is -0.800. The summed E-state index contributed by atoms with van der Waals surface area (Å²) < 4.78 is 86.2. The summed E-state index contributed by atoms with van der Waals surface area (Å²) in [6.07, 6.45) is 8.87. The Kier molecular flexibility index (Phi) is 14.4. The Bertz CT molecular complexity index is 2180. The molecule has 0 aromatic heterocycles. The summed E-state index contributed by atoms with van der Waals surface area (Å²) in [7, 11) is 0. The quantitative estimate of drug-likeness (QED) is 0.168. The van der Waals surface area contributed by atoms with E-state index in [0.29, 0.717) is 49.4 Å². The van der Waals surface area contributed by atoms with Crippen LogP contribution in [0, 0.1) is 100 Å². The van der Waals surface area contributed by atoms with Crippen LogP contribution in [0.1, 0.15) is 186 Å². The van der Waals surface area contributed by atoms with Crippen molar-refractivity contribution in [2.75, 3.05) is 26.4 Å². The highest BCUT2D eigenvalue weighted by Gasteiger charge is 2.75. The molecule has 32 atom stereocenters. The van der Waals surface area contributed by atoms with Crippen molar-refractivity contribution in [3.05, 3.63) is 0 Å². The van der Waals surface area contributed by atoms with Crippen LogP contribution in [0.5, 0.6) is 0 Å². The lowest BCUT2D eigenvalue weighted by Crippen LogP contribution is -2.71. The molecule has 0 N–H and O–H groups in total. The largest absolute Gasteiger partial charge is 0.351 e. The fraction of sp³-hybridized carbons (Fsp3) is 1.00. The molecule has 20 heteroatoms. The summed E-state index contributed by atoms with van der Waals surface area (Å²) in [5.74, 6) is -1.67. The van der Waals surface area contributed by atoms with Crippen molar-refractivity contribution < 1.29 is 95.9 Å². The maximum absolute atomic E-state index is 7.46. The molecule has 20 aliphatic rings. The molecule has 480 valence electrons. The van der Waals surface area contributed by atoms with Crippen molar-refractivity contribution in [3.63, 3.8) is 0 Å². The van der Waals surface area contributed by atoms with Gasteiger partial charge < -0.3 is 56.8 Å². The molecule has 4 unspecified atom stereocenters. The molecule has 85 heavy (non-hydrogen) atoms. The average molecular weight is 1200 g/mol. The summed E-state index contributed by atoms with van der Waals surface area (Å²) in [6.45, 7) is 26.5. The maximum Gasteiger partial charge on any atom is 0.201 e. The lowest BCUT2D eigenvalue weighted by atomic mass is 9.58. The molecule has 4 spiro atoms. The number of fused-ring (bicyclic) bond motifs is 8. The third-order valence-electron chi connectivity index (χ3n) is 26.6. The zero-order valence-corrected chi connectivity index (χ0v) is 52.7. The fourth-order valence-corrected chi connectivity index (χ4v) is 21.5. The minimum absolute atomic E-state index is 0.0367. The zero-order valence-electron chi connectivity index (χ0n) is 52.7. The fourth-order valence-electron chi connectivity index (χ4n) is 21.5.